The van der Waals surface area contributed by atoms with E-state index in [9.17, 15) is 14.4 Å². The van der Waals surface area contributed by atoms with Gasteiger partial charge in [0.2, 0.25) is 5.91 Å². The van der Waals surface area contributed by atoms with Crippen molar-refractivity contribution in [2.75, 3.05) is 19.7 Å². The zero-order chi connectivity index (χ0) is 24.4. The van der Waals surface area contributed by atoms with Crippen LogP contribution < -0.4 is 10.6 Å². The third-order valence-corrected chi connectivity index (χ3v) is 6.63. The first-order chi connectivity index (χ1) is 17.0. The predicted octanol–water partition coefficient (Wildman–Crippen LogP) is 2.87. The van der Waals surface area contributed by atoms with E-state index in [0.29, 0.717) is 26.1 Å². The number of carbonyl (C=O) groups excluding carboxylic acids is 2. The summed E-state index contributed by atoms with van der Waals surface area (Å²) in [5.74, 6) is -1.20. The second kappa shape index (κ2) is 9.61. The van der Waals surface area contributed by atoms with Crippen molar-refractivity contribution < 1.29 is 24.2 Å². The zero-order valence-corrected chi connectivity index (χ0v) is 19.0. The number of fused-ring (bicyclic) bond motifs is 3. The van der Waals surface area contributed by atoms with Crippen LogP contribution in [-0.4, -0.2) is 52.3 Å². The molecular formula is C26H26N4O5. The molecule has 2 aliphatic carbocycles. The number of imidazole rings is 1. The Bertz CT molecular complexity index is 1220. The molecular weight excluding hydrogens is 448 g/mol. The molecule has 1 heterocycles. The Morgan fingerprint density at radius 1 is 1.03 bits per heavy atom. The van der Waals surface area contributed by atoms with Crippen LogP contribution >= 0.6 is 0 Å². The van der Waals surface area contributed by atoms with E-state index in [1.54, 1.807) is 4.57 Å². The Morgan fingerprint density at radius 2 is 1.71 bits per heavy atom. The van der Waals surface area contributed by atoms with E-state index >= 15 is 0 Å². The smallest absolute Gasteiger partial charge is 0.407 e. The predicted molar refractivity (Wildman–Crippen MR) is 127 cm³/mol. The van der Waals surface area contributed by atoms with Crippen LogP contribution in [0.4, 0.5) is 4.79 Å². The van der Waals surface area contributed by atoms with Crippen molar-refractivity contribution in [3.05, 3.63) is 77.9 Å². The molecule has 3 N–H and O–H groups in total. The van der Waals surface area contributed by atoms with Gasteiger partial charge >= 0.3 is 12.1 Å². The molecule has 2 aliphatic rings. The Labute approximate surface area is 202 Å². The fourth-order valence-electron chi connectivity index (χ4n) is 4.69. The van der Waals surface area contributed by atoms with Crippen molar-refractivity contribution in [2.45, 2.75) is 18.9 Å². The van der Waals surface area contributed by atoms with E-state index in [-0.39, 0.29) is 36.0 Å². The minimum Gasteiger partial charge on any atom is -0.476 e. The molecule has 9 heteroatoms. The normalized spacial score (nSPS) is 17.8. The first kappa shape index (κ1) is 22.6. The van der Waals surface area contributed by atoms with Crippen molar-refractivity contribution in [1.82, 2.24) is 20.2 Å². The van der Waals surface area contributed by atoms with Crippen molar-refractivity contribution in [3.63, 3.8) is 0 Å². The maximum atomic E-state index is 12.3. The molecule has 2 aromatic carbocycles. The summed E-state index contributed by atoms with van der Waals surface area (Å²) in [4.78, 5) is 39.3. The van der Waals surface area contributed by atoms with Gasteiger partial charge in [0.15, 0.2) is 5.69 Å². The topological polar surface area (TPSA) is 123 Å². The van der Waals surface area contributed by atoms with Crippen LogP contribution in [0, 0.1) is 11.8 Å². The maximum absolute atomic E-state index is 12.3. The highest BCUT2D eigenvalue weighted by molar-refractivity contribution is 5.85. The van der Waals surface area contributed by atoms with E-state index in [4.69, 9.17) is 9.84 Å². The molecule has 0 saturated heterocycles. The average molecular weight is 475 g/mol. The third kappa shape index (κ3) is 4.89. The Hall–Kier alpha value is -4.14. The first-order valence-electron chi connectivity index (χ1n) is 11.6. The molecule has 0 unspecified atom stereocenters. The van der Waals surface area contributed by atoms with E-state index in [1.165, 1.54) is 23.7 Å². The van der Waals surface area contributed by atoms with Gasteiger partial charge in [0.1, 0.15) is 6.61 Å². The molecule has 1 aromatic heterocycles. The fraction of sp³-hybridized carbons (Fsp3) is 0.308. The van der Waals surface area contributed by atoms with Crippen LogP contribution in [0.25, 0.3) is 11.1 Å². The molecule has 3 aromatic rings. The lowest BCUT2D eigenvalue weighted by Crippen LogP contribution is -2.31. The number of carboxylic acids is 1. The minimum atomic E-state index is -1.09. The molecule has 2 atom stereocenters. The van der Waals surface area contributed by atoms with Gasteiger partial charge in [-0.05, 0) is 34.6 Å². The SMILES string of the molecule is O=C(NC[C@H]1C[C@H]1C(=O)NCCn1cnc(C(=O)O)c1)OCC1c2ccccc2-c2ccccc21. The standard InChI is InChI=1S/C26H26N4O5/c31-24(27-9-10-30-13-23(25(32)33)29-15-30)21-11-16(21)12-28-26(34)35-14-22-19-7-3-1-5-17(19)18-6-2-4-8-20(18)22/h1-8,13,15-16,21-22H,9-12,14H2,(H,27,31)(H,28,34)(H,32,33)/t16-,21-/m1/s1. The summed E-state index contributed by atoms with van der Waals surface area (Å²) < 4.78 is 7.16. The highest BCUT2D eigenvalue weighted by atomic mass is 16.5. The number of aromatic nitrogens is 2. The summed E-state index contributed by atoms with van der Waals surface area (Å²) in [5, 5.41) is 14.5. The average Bonchev–Trinajstić information content (AvgIpc) is 3.36. The molecule has 0 bridgehead atoms. The van der Waals surface area contributed by atoms with Gasteiger partial charge in [0.25, 0.3) is 0 Å². The number of alkyl carbamates (subject to hydrolysis) is 1. The molecule has 35 heavy (non-hydrogen) atoms. The molecule has 0 aliphatic heterocycles. The summed E-state index contributed by atoms with van der Waals surface area (Å²) in [6, 6.07) is 16.4. The number of aromatic carboxylic acids is 1. The van der Waals surface area contributed by atoms with Gasteiger partial charge in [-0.2, -0.15) is 0 Å². The quantitative estimate of drug-likeness (QED) is 0.438. The van der Waals surface area contributed by atoms with Gasteiger partial charge in [-0.15, -0.1) is 0 Å². The number of rotatable bonds is 9. The van der Waals surface area contributed by atoms with Crippen molar-refractivity contribution in [2.24, 2.45) is 11.8 Å². The largest absolute Gasteiger partial charge is 0.476 e. The molecule has 2 amide bonds. The number of carboxylic acid groups (broad SMARTS) is 1. The monoisotopic (exact) mass is 474 g/mol. The zero-order valence-electron chi connectivity index (χ0n) is 19.0. The first-order valence-corrected chi connectivity index (χ1v) is 11.6. The molecule has 0 spiro atoms. The highest BCUT2D eigenvalue weighted by Gasteiger charge is 2.42. The lowest BCUT2D eigenvalue weighted by atomic mass is 9.98. The van der Waals surface area contributed by atoms with Gasteiger partial charge in [-0.3, -0.25) is 4.79 Å². The highest BCUT2D eigenvalue weighted by Crippen LogP contribution is 2.44. The number of carbonyl (C=O) groups is 3. The van der Waals surface area contributed by atoms with E-state index in [1.807, 2.05) is 24.3 Å². The van der Waals surface area contributed by atoms with Gasteiger partial charge in [0, 0.05) is 37.7 Å². The van der Waals surface area contributed by atoms with E-state index in [2.05, 4.69) is 39.9 Å². The van der Waals surface area contributed by atoms with Crippen LogP contribution in [0.15, 0.2) is 61.1 Å². The number of nitrogens with one attached hydrogen (secondary N) is 2. The molecule has 0 radical (unpaired) electrons. The lowest BCUT2D eigenvalue weighted by Gasteiger charge is -2.14. The number of hydrogen-bond acceptors (Lipinski definition) is 5. The third-order valence-electron chi connectivity index (χ3n) is 6.63. The summed E-state index contributed by atoms with van der Waals surface area (Å²) in [7, 11) is 0. The van der Waals surface area contributed by atoms with Gasteiger partial charge in [-0.25, -0.2) is 14.6 Å². The lowest BCUT2D eigenvalue weighted by molar-refractivity contribution is -0.122. The molecule has 180 valence electrons. The number of nitrogens with zero attached hydrogens (tertiary/aromatic N) is 2. The van der Waals surface area contributed by atoms with Crippen molar-refractivity contribution >= 4 is 18.0 Å². The summed E-state index contributed by atoms with van der Waals surface area (Å²) in [5.41, 5.74) is 4.65. The number of hydrogen-bond donors (Lipinski definition) is 3. The van der Waals surface area contributed by atoms with E-state index < -0.39 is 12.1 Å². The van der Waals surface area contributed by atoms with Crippen LogP contribution in [-0.2, 0) is 16.1 Å². The van der Waals surface area contributed by atoms with Crippen LogP contribution in [0.3, 0.4) is 0 Å². The van der Waals surface area contributed by atoms with Crippen LogP contribution in [0.2, 0.25) is 0 Å². The second-order valence-electron chi connectivity index (χ2n) is 8.90. The summed E-state index contributed by atoms with van der Waals surface area (Å²) in [6.07, 6.45) is 3.08. The van der Waals surface area contributed by atoms with Crippen molar-refractivity contribution in [1.29, 1.82) is 0 Å². The Balaban J connectivity index is 1.03. The van der Waals surface area contributed by atoms with Gasteiger partial charge in [-0.1, -0.05) is 48.5 Å². The number of amides is 2. The molecule has 1 fully saturated rings. The number of ether oxygens (including phenoxy) is 1. The summed E-state index contributed by atoms with van der Waals surface area (Å²) in [6.45, 7) is 1.45. The van der Waals surface area contributed by atoms with E-state index in [0.717, 1.165) is 11.1 Å². The van der Waals surface area contributed by atoms with Crippen LogP contribution in [0.5, 0.6) is 0 Å². The Kier molecular flexibility index (Phi) is 6.22. The van der Waals surface area contributed by atoms with Crippen molar-refractivity contribution in [3.8, 4) is 11.1 Å². The Morgan fingerprint density at radius 3 is 2.37 bits per heavy atom. The maximum Gasteiger partial charge on any atom is 0.407 e. The fourth-order valence-corrected chi connectivity index (χ4v) is 4.69. The molecule has 5 rings (SSSR count). The second-order valence-corrected chi connectivity index (χ2v) is 8.90. The number of benzene rings is 2. The van der Waals surface area contributed by atoms with Gasteiger partial charge < -0.3 is 25.0 Å². The minimum absolute atomic E-state index is 0.00896. The molecule has 9 nitrogen and oxygen atoms in total. The molecule has 1 saturated carbocycles. The summed E-state index contributed by atoms with van der Waals surface area (Å²) >= 11 is 0. The van der Waals surface area contributed by atoms with Gasteiger partial charge in [0.05, 0.1) is 6.33 Å². The van der Waals surface area contributed by atoms with Crippen LogP contribution in [0.1, 0.15) is 34.0 Å².